The molecular formula is C18H25ClN2O4. The van der Waals surface area contributed by atoms with Crippen molar-refractivity contribution in [1.82, 2.24) is 10.2 Å². The molecule has 6 nitrogen and oxygen atoms in total. The van der Waals surface area contributed by atoms with Crippen LogP contribution in [0.25, 0.3) is 0 Å². The summed E-state index contributed by atoms with van der Waals surface area (Å²) in [5, 5.41) is 4.04. The molecule has 1 fully saturated rings. The number of methoxy groups -OCH3 is 1. The van der Waals surface area contributed by atoms with E-state index in [1.807, 2.05) is 24.3 Å². The molecule has 7 heteroatoms. The smallest absolute Gasteiger partial charge is 0.411 e. The maximum Gasteiger partial charge on any atom is 0.411 e. The zero-order valence-corrected chi connectivity index (χ0v) is 15.8. The number of nitrogens with one attached hydrogen (secondary N) is 1. The Morgan fingerprint density at radius 2 is 2.00 bits per heavy atom. The summed E-state index contributed by atoms with van der Waals surface area (Å²) in [6.07, 6.45) is -0.0407. The van der Waals surface area contributed by atoms with Gasteiger partial charge in [-0.2, -0.15) is 0 Å². The van der Waals surface area contributed by atoms with E-state index in [1.54, 1.807) is 20.8 Å². The van der Waals surface area contributed by atoms with E-state index in [0.717, 1.165) is 5.56 Å². The molecule has 25 heavy (non-hydrogen) atoms. The molecule has 1 aromatic carbocycles. The Labute approximate surface area is 153 Å². The molecule has 2 atom stereocenters. The van der Waals surface area contributed by atoms with E-state index < -0.39 is 23.7 Å². The number of esters is 1. The number of ether oxygens (including phenoxy) is 2. The van der Waals surface area contributed by atoms with E-state index in [-0.39, 0.29) is 6.04 Å². The van der Waals surface area contributed by atoms with Crippen molar-refractivity contribution in [3.8, 4) is 0 Å². The Bertz CT molecular complexity index is 630. The van der Waals surface area contributed by atoms with Crippen LogP contribution in [0.5, 0.6) is 0 Å². The van der Waals surface area contributed by atoms with Gasteiger partial charge < -0.3 is 14.8 Å². The Kier molecular flexibility index (Phi) is 6.30. The number of amides is 1. The highest BCUT2D eigenvalue weighted by molar-refractivity contribution is 6.31. The van der Waals surface area contributed by atoms with Crippen LogP contribution in [0, 0.1) is 0 Å². The van der Waals surface area contributed by atoms with Gasteiger partial charge in [0.15, 0.2) is 0 Å². The molecule has 1 amide bonds. The fourth-order valence-corrected chi connectivity index (χ4v) is 2.96. The maximum absolute atomic E-state index is 12.4. The molecule has 0 saturated carbocycles. The Hall–Kier alpha value is -1.79. The second kappa shape index (κ2) is 8.06. The fraction of sp³-hybridized carbons (Fsp3) is 0.556. The third kappa shape index (κ3) is 5.34. The van der Waals surface area contributed by atoms with Crippen molar-refractivity contribution in [2.45, 2.75) is 51.4 Å². The highest BCUT2D eigenvalue weighted by Crippen LogP contribution is 2.23. The van der Waals surface area contributed by atoms with E-state index in [1.165, 1.54) is 12.0 Å². The van der Waals surface area contributed by atoms with Gasteiger partial charge in [-0.15, -0.1) is 0 Å². The molecule has 2 rings (SSSR count). The van der Waals surface area contributed by atoms with E-state index in [9.17, 15) is 9.59 Å². The van der Waals surface area contributed by atoms with E-state index in [0.29, 0.717) is 24.5 Å². The van der Waals surface area contributed by atoms with Crippen molar-refractivity contribution in [3.05, 3.63) is 34.9 Å². The maximum atomic E-state index is 12.4. The molecule has 0 spiro atoms. The van der Waals surface area contributed by atoms with Crippen LogP contribution in [-0.2, 0) is 20.8 Å². The zero-order chi connectivity index (χ0) is 18.6. The van der Waals surface area contributed by atoms with Crippen LogP contribution in [0.1, 0.15) is 32.8 Å². The van der Waals surface area contributed by atoms with Crippen molar-refractivity contribution < 1.29 is 19.1 Å². The van der Waals surface area contributed by atoms with E-state index >= 15 is 0 Å². The van der Waals surface area contributed by atoms with Gasteiger partial charge in [0.25, 0.3) is 0 Å². The van der Waals surface area contributed by atoms with Crippen LogP contribution >= 0.6 is 11.6 Å². The summed E-state index contributed by atoms with van der Waals surface area (Å²) in [6.45, 7) is 6.31. The summed E-state index contributed by atoms with van der Waals surface area (Å²) in [4.78, 5) is 25.9. The SMILES string of the molecule is COC(=O)[C@@H]1C[C@H](NCc2ccccc2Cl)CN1C(=O)OC(C)(C)C. The second-order valence-electron chi connectivity index (χ2n) is 7.08. The molecule has 138 valence electrons. The quantitative estimate of drug-likeness (QED) is 0.827. The molecule has 1 aliphatic heterocycles. The van der Waals surface area contributed by atoms with Gasteiger partial charge in [-0.05, 0) is 38.8 Å². The lowest BCUT2D eigenvalue weighted by Gasteiger charge is -2.27. The first-order valence-electron chi connectivity index (χ1n) is 8.25. The van der Waals surface area contributed by atoms with Crippen LogP contribution < -0.4 is 5.32 Å². The van der Waals surface area contributed by atoms with Crippen molar-refractivity contribution in [3.63, 3.8) is 0 Å². The number of rotatable bonds is 4. The number of likely N-dealkylation sites (tertiary alicyclic amines) is 1. The Balaban J connectivity index is 2.03. The van der Waals surface area contributed by atoms with Gasteiger partial charge in [0.2, 0.25) is 0 Å². The molecule has 1 aliphatic rings. The summed E-state index contributed by atoms with van der Waals surface area (Å²) in [5.41, 5.74) is 0.343. The molecule has 0 radical (unpaired) electrons. The van der Waals surface area contributed by atoms with Crippen LogP contribution in [0.2, 0.25) is 5.02 Å². The molecule has 1 N–H and O–H groups in total. The molecule has 0 unspecified atom stereocenters. The van der Waals surface area contributed by atoms with Crippen molar-refractivity contribution in [1.29, 1.82) is 0 Å². The Morgan fingerprint density at radius 1 is 1.32 bits per heavy atom. The molecule has 0 bridgehead atoms. The molecule has 0 aliphatic carbocycles. The predicted molar refractivity (Wildman–Crippen MR) is 95.4 cm³/mol. The van der Waals surface area contributed by atoms with E-state index in [2.05, 4.69) is 5.32 Å². The first kappa shape index (κ1) is 19.5. The lowest BCUT2D eigenvalue weighted by atomic mass is 10.1. The van der Waals surface area contributed by atoms with Crippen LogP contribution in [-0.4, -0.2) is 48.3 Å². The Morgan fingerprint density at radius 3 is 2.60 bits per heavy atom. The number of hydrogen-bond donors (Lipinski definition) is 1. The lowest BCUT2D eigenvalue weighted by molar-refractivity contribution is -0.145. The number of hydrogen-bond acceptors (Lipinski definition) is 5. The highest BCUT2D eigenvalue weighted by Gasteiger charge is 2.42. The van der Waals surface area contributed by atoms with Crippen molar-refractivity contribution >= 4 is 23.7 Å². The topological polar surface area (TPSA) is 67.9 Å². The summed E-state index contributed by atoms with van der Waals surface area (Å²) in [6, 6.07) is 6.86. The van der Waals surface area contributed by atoms with Gasteiger partial charge in [-0.3, -0.25) is 4.90 Å². The van der Waals surface area contributed by atoms with Crippen LogP contribution in [0.15, 0.2) is 24.3 Å². The van der Waals surface area contributed by atoms with Crippen molar-refractivity contribution in [2.75, 3.05) is 13.7 Å². The van der Waals surface area contributed by atoms with Crippen molar-refractivity contribution in [2.24, 2.45) is 0 Å². The van der Waals surface area contributed by atoms with Gasteiger partial charge >= 0.3 is 12.1 Å². The van der Waals surface area contributed by atoms with Crippen LogP contribution in [0.4, 0.5) is 4.79 Å². The minimum absolute atomic E-state index is 0.0482. The first-order valence-corrected chi connectivity index (χ1v) is 8.63. The number of benzene rings is 1. The number of carbonyl (C=O) groups excluding carboxylic acids is 2. The third-order valence-electron chi connectivity index (χ3n) is 3.94. The van der Waals surface area contributed by atoms with E-state index in [4.69, 9.17) is 21.1 Å². The average Bonchev–Trinajstić information content (AvgIpc) is 2.96. The van der Waals surface area contributed by atoms with Gasteiger partial charge in [0.05, 0.1) is 7.11 Å². The molecule has 1 aromatic rings. The molecule has 0 aromatic heterocycles. The van der Waals surface area contributed by atoms with Crippen LogP contribution in [0.3, 0.4) is 0 Å². The first-order chi connectivity index (χ1) is 11.7. The predicted octanol–water partition coefficient (Wildman–Crippen LogP) is 2.98. The molecule has 1 heterocycles. The molecular weight excluding hydrogens is 344 g/mol. The summed E-state index contributed by atoms with van der Waals surface area (Å²) in [7, 11) is 1.32. The van der Waals surface area contributed by atoms with Gasteiger partial charge in [0, 0.05) is 24.2 Å². The number of nitrogens with zero attached hydrogens (tertiary/aromatic N) is 1. The molecule has 1 saturated heterocycles. The minimum Gasteiger partial charge on any atom is -0.467 e. The number of halogens is 1. The van der Waals surface area contributed by atoms with Gasteiger partial charge in [-0.1, -0.05) is 29.8 Å². The fourth-order valence-electron chi connectivity index (χ4n) is 2.76. The second-order valence-corrected chi connectivity index (χ2v) is 7.48. The summed E-state index contributed by atoms with van der Waals surface area (Å²) >= 11 is 6.16. The van der Waals surface area contributed by atoms with Gasteiger partial charge in [-0.25, -0.2) is 9.59 Å². The summed E-state index contributed by atoms with van der Waals surface area (Å²) < 4.78 is 10.2. The highest BCUT2D eigenvalue weighted by atomic mass is 35.5. The minimum atomic E-state index is -0.649. The van der Waals surface area contributed by atoms with Gasteiger partial charge in [0.1, 0.15) is 11.6 Å². The lowest BCUT2D eigenvalue weighted by Crippen LogP contribution is -2.44. The largest absolute Gasteiger partial charge is 0.467 e. The number of carbonyl (C=O) groups is 2. The zero-order valence-electron chi connectivity index (χ0n) is 15.0. The standard InChI is InChI=1S/C18H25ClN2O4/c1-18(2,3)25-17(23)21-11-13(9-15(21)16(22)24-4)20-10-12-7-5-6-8-14(12)19/h5-8,13,15,20H,9-11H2,1-4H3/t13-,15-/m0/s1. The third-order valence-corrected chi connectivity index (χ3v) is 4.31. The normalized spacial score (nSPS) is 20.4. The summed E-state index contributed by atoms with van der Waals surface area (Å²) in [5.74, 6) is -0.437. The monoisotopic (exact) mass is 368 g/mol. The average molecular weight is 369 g/mol.